The van der Waals surface area contributed by atoms with E-state index in [1.165, 1.54) is 30.3 Å². The van der Waals surface area contributed by atoms with Gasteiger partial charge in [0.25, 0.3) is 0 Å². The summed E-state index contributed by atoms with van der Waals surface area (Å²) in [5.41, 5.74) is 0.417. The van der Waals surface area contributed by atoms with Gasteiger partial charge >= 0.3 is 12.2 Å². The Balaban J connectivity index is 1.92. The topological polar surface area (TPSA) is 79.2 Å². The average molecular weight is 300 g/mol. The van der Waals surface area contributed by atoms with Crippen molar-refractivity contribution in [2.75, 3.05) is 10.6 Å². The number of urea groups is 1. The van der Waals surface area contributed by atoms with Crippen molar-refractivity contribution in [1.82, 2.24) is 9.78 Å². The van der Waals surface area contributed by atoms with Crippen LogP contribution >= 0.6 is 0 Å². The number of anilines is 2. The molecule has 2 rings (SSSR count). The fourth-order valence-corrected chi connectivity index (χ4v) is 1.52. The van der Waals surface area contributed by atoms with E-state index in [-0.39, 0.29) is 11.6 Å². The molecule has 0 aliphatic carbocycles. The van der Waals surface area contributed by atoms with E-state index in [1.807, 2.05) is 0 Å². The molecule has 0 radical (unpaired) electrons. The molecule has 1 aromatic carbocycles. The van der Waals surface area contributed by atoms with Gasteiger partial charge < -0.3 is 10.4 Å². The number of hydrogen-bond donors (Lipinski definition) is 3. The highest BCUT2D eigenvalue weighted by atomic mass is 19.4. The number of amides is 2. The molecular formula is C12H11F3N4O2. The first-order chi connectivity index (χ1) is 9.82. The molecule has 0 aliphatic heterocycles. The Morgan fingerprint density at radius 3 is 2.48 bits per heavy atom. The Morgan fingerprint density at radius 1 is 1.19 bits per heavy atom. The average Bonchev–Trinajstić information content (AvgIpc) is 2.77. The molecule has 0 saturated carbocycles. The van der Waals surface area contributed by atoms with Crippen LogP contribution in [0.2, 0.25) is 0 Å². The number of hydrogen-bond acceptors (Lipinski definition) is 3. The van der Waals surface area contributed by atoms with Crippen LogP contribution in [0.4, 0.5) is 29.5 Å². The summed E-state index contributed by atoms with van der Waals surface area (Å²) < 4.78 is 37.1. The normalized spacial score (nSPS) is 11.2. The van der Waals surface area contributed by atoms with Crippen LogP contribution < -0.4 is 10.6 Å². The van der Waals surface area contributed by atoms with Crippen LogP contribution in [0.25, 0.3) is 0 Å². The summed E-state index contributed by atoms with van der Waals surface area (Å²) in [7, 11) is 0. The number of phenols is 1. The van der Waals surface area contributed by atoms with Crippen molar-refractivity contribution in [3.05, 3.63) is 36.5 Å². The summed E-state index contributed by atoms with van der Waals surface area (Å²) in [4.78, 5) is 11.6. The third-order valence-electron chi connectivity index (χ3n) is 2.35. The molecule has 1 aromatic heterocycles. The number of phenolic OH excluding ortho intramolecular Hbond substituents is 1. The Kier molecular flexibility index (Phi) is 4.01. The third-order valence-corrected chi connectivity index (χ3v) is 2.35. The van der Waals surface area contributed by atoms with Crippen molar-refractivity contribution >= 4 is 17.5 Å². The number of nitrogens with one attached hydrogen (secondary N) is 2. The molecule has 9 heteroatoms. The number of aromatic hydroxyl groups is 1. The van der Waals surface area contributed by atoms with Crippen LogP contribution in [-0.4, -0.2) is 27.1 Å². The molecule has 0 atom stereocenters. The smallest absolute Gasteiger partial charge is 0.408 e. The lowest BCUT2D eigenvalue weighted by Crippen LogP contribution is -2.21. The molecule has 0 aliphatic rings. The van der Waals surface area contributed by atoms with Gasteiger partial charge in [-0.3, -0.25) is 10.00 Å². The quantitative estimate of drug-likeness (QED) is 0.763. The number of nitrogens with zero attached hydrogens (tertiary/aromatic N) is 2. The SMILES string of the molecule is O=C(Nc1ccc(O)cc1)Nc1ccn(CC(F)(F)F)n1. The van der Waals surface area contributed by atoms with Gasteiger partial charge in [-0.2, -0.15) is 18.3 Å². The Morgan fingerprint density at radius 2 is 1.86 bits per heavy atom. The maximum Gasteiger partial charge on any atom is 0.408 e. The van der Waals surface area contributed by atoms with Gasteiger partial charge in [-0.1, -0.05) is 0 Å². The molecule has 112 valence electrons. The first kappa shape index (κ1) is 14.7. The first-order valence-corrected chi connectivity index (χ1v) is 5.79. The highest BCUT2D eigenvalue weighted by Crippen LogP contribution is 2.18. The number of alkyl halides is 3. The predicted molar refractivity (Wildman–Crippen MR) is 69.0 cm³/mol. The summed E-state index contributed by atoms with van der Waals surface area (Å²) >= 11 is 0. The molecular weight excluding hydrogens is 289 g/mol. The maximum absolute atomic E-state index is 12.2. The van der Waals surface area contributed by atoms with Crippen LogP contribution in [0.3, 0.4) is 0 Å². The van der Waals surface area contributed by atoms with Crippen molar-refractivity contribution in [3.8, 4) is 5.75 Å². The van der Waals surface area contributed by atoms with E-state index in [0.29, 0.717) is 10.4 Å². The molecule has 21 heavy (non-hydrogen) atoms. The van der Waals surface area contributed by atoms with E-state index in [4.69, 9.17) is 5.11 Å². The third kappa shape index (κ3) is 4.71. The zero-order valence-electron chi connectivity index (χ0n) is 10.6. The van der Waals surface area contributed by atoms with Crippen molar-refractivity contribution in [2.45, 2.75) is 12.7 Å². The Labute approximate surface area is 117 Å². The largest absolute Gasteiger partial charge is 0.508 e. The van der Waals surface area contributed by atoms with E-state index in [9.17, 15) is 18.0 Å². The number of benzene rings is 1. The maximum atomic E-state index is 12.2. The van der Waals surface area contributed by atoms with E-state index in [2.05, 4.69) is 15.7 Å². The number of aromatic nitrogens is 2. The van der Waals surface area contributed by atoms with Crippen molar-refractivity contribution in [1.29, 1.82) is 0 Å². The molecule has 0 spiro atoms. The molecule has 6 nitrogen and oxygen atoms in total. The van der Waals surface area contributed by atoms with Gasteiger partial charge in [-0.05, 0) is 24.3 Å². The Hall–Kier alpha value is -2.71. The lowest BCUT2D eigenvalue weighted by Gasteiger charge is -2.06. The molecule has 0 saturated heterocycles. The lowest BCUT2D eigenvalue weighted by atomic mass is 10.3. The van der Waals surface area contributed by atoms with Gasteiger partial charge in [0.1, 0.15) is 12.3 Å². The molecule has 2 amide bonds. The van der Waals surface area contributed by atoms with Gasteiger partial charge in [-0.15, -0.1) is 0 Å². The summed E-state index contributed by atoms with van der Waals surface area (Å²) in [5.74, 6) is 0.0439. The van der Waals surface area contributed by atoms with E-state index in [0.717, 1.165) is 6.20 Å². The molecule has 3 N–H and O–H groups in total. The van der Waals surface area contributed by atoms with Crippen LogP contribution in [0.15, 0.2) is 36.5 Å². The molecule has 2 aromatic rings. The van der Waals surface area contributed by atoms with Crippen molar-refractivity contribution < 1.29 is 23.1 Å². The van der Waals surface area contributed by atoms with Crippen LogP contribution in [-0.2, 0) is 6.54 Å². The zero-order valence-corrected chi connectivity index (χ0v) is 10.6. The van der Waals surface area contributed by atoms with Gasteiger partial charge in [0.15, 0.2) is 5.82 Å². The van der Waals surface area contributed by atoms with Crippen LogP contribution in [0.1, 0.15) is 0 Å². The van der Waals surface area contributed by atoms with E-state index >= 15 is 0 Å². The molecule has 1 heterocycles. The number of halogens is 3. The minimum absolute atomic E-state index is 0.00414. The van der Waals surface area contributed by atoms with Gasteiger partial charge in [0.05, 0.1) is 0 Å². The summed E-state index contributed by atoms with van der Waals surface area (Å²) in [6.45, 7) is -1.23. The number of carbonyl (C=O) groups excluding carboxylic acids is 1. The second kappa shape index (κ2) is 5.73. The first-order valence-electron chi connectivity index (χ1n) is 5.79. The summed E-state index contributed by atoms with van der Waals surface area (Å²) in [6.07, 6.45) is -3.26. The second-order valence-electron chi connectivity index (χ2n) is 4.14. The molecule has 0 fully saturated rings. The number of carbonyl (C=O) groups is 1. The summed E-state index contributed by atoms with van der Waals surface area (Å²) in [6, 6.07) is 6.30. The Bertz CT molecular complexity index is 622. The second-order valence-corrected chi connectivity index (χ2v) is 4.14. The highest BCUT2D eigenvalue weighted by Gasteiger charge is 2.28. The molecule has 0 unspecified atom stereocenters. The van der Waals surface area contributed by atoms with Crippen LogP contribution in [0, 0.1) is 0 Å². The standard InChI is InChI=1S/C12H11F3N4O2/c13-12(14,15)7-19-6-5-10(18-19)17-11(21)16-8-1-3-9(20)4-2-8/h1-6,20H,7H2,(H2,16,17,18,21). The van der Waals surface area contributed by atoms with Crippen LogP contribution in [0.5, 0.6) is 5.75 Å². The van der Waals surface area contributed by atoms with Gasteiger partial charge in [-0.25, -0.2) is 4.79 Å². The summed E-state index contributed by atoms with van der Waals surface area (Å²) in [5, 5.41) is 17.4. The fraction of sp³-hybridized carbons (Fsp3) is 0.167. The monoisotopic (exact) mass is 300 g/mol. The minimum atomic E-state index is -4.38. The highest BCUT2D eigenvalue weighted by molar-refractivity contribution is 5.99. The lowest BCUT2D eigenvalue weighted by molar-refractivity contribution is -0.142. The zero-order chi connectivity index (χ0) is 15.5. The predicted octanol–water partition coefficient (Wildman–Crippen LogP) is 2.79. The van der Waals surface area contributed by atoms with E-state index < -0.39 is 18.8 Å². The van der Waals surface area contributed by atoms with Gasteiger partial charge in [0, 0.05) is 18.0 Å². The number of rotatable bonds is 3. The van der Waals surface area contributed by atoms with Crippen molar-refractivity contribution in [3.63, 3.8) is 0 Å². The molecule has 0 bridgehead atoms. The van der Waals surface area contributed by atoms with Crippen molar-refractivity contribution in [2.24, 2.45) is 0 Å². The fourth-order valence-electron chi connectivity index (χ4n) is 1.52. The minimum Gasteiger partial charge on any atom is -0.508 e. The van der Waals surface area contributed by atoms with E-state index in [1.54, 1.807) is 0 Å². The van der Waals surface area contributed by atoms with Gasteiger partial charge in [0.2, 0.25) is 0 Å².